The third kappa shape index (κ3) is 2.96. The Morgan fingerprint density at radius 3 is 2.28 bits per heavy atom. The summed E-state index contributed by atoms with van der Waals surface area (Å²) in [7, 11) is 1.70. The van der Waals surface area contributed by atoms with Gasteiger partial charge in [-0.25, -0.2) is 0 Å². The molecule has 0 fully saturated rings. The molecule has 0 aliphatic carbocycles. The van der Waals surface area contributed by atoms with Crippen molar-refractivity contribution in [3.63, 3.8) is 0 Å². The van der Waals surface area contributed by atoms with E-state index in [1.165, 1.54) is 47.4 Å². The summed E-state index contributed by atoms with van der Waals surface area (Å²) in [5, 5.41) is 6.02. The summed E-state index contributed by atoms with van der Waals surface area (Å²) in [6.07, 6.45) is 1.96. The average molecular weight is 489 g/mol. The quantitative estimate of drug-likeness (QED) is 0.190. The monoisotopic (exact) mass is 489 g/mol. The molecule has 0 unspecified atom stereocenters. The van der Waals surface area contributed by atoms with Crippen molar-refractivity contribution in [1.82, 2.24) is 4.98 Å². The van der Waals surface area contributed by atoms with Crippen molar-refractivity contribution in [2.45, 2.75) is 13.8 Å². The minimum atomic E-state index is 0.852. The predicted octanol–water partition coefficient (Wildman–Crippen LogP) is 7.44. The third-order valence-corrected chi connectivity index (χ3v) is 6.63. The average Bonchev–Trinajstić information content (AvgIpc) is 2.74. The van der Waals surface area contributed by atoms with Crippen molar-refractivity contribution >= 4 is 55.0 Å². The zero-order valence-electron chi connectivity index (χ0n) is 16.6. The van der Waals surface area contributed by atoms with E-state index in [4.69, 9.17) is 9.72 Å². The van der Waals surface area contributed by atoms with Gasteiger partial charge in [-0.3, -0.25) is 4.98 Å². The highest BCUT2D eigenvalue weighted by Gasteiger charge is 2.17. The van der Waals surface area contributed by atoms with E-state index in [-0.39, 0.29) is 0 Å². The number of hydrogen-bond acceptors (Lipinski definition) is 2. The van der Waals surface area contributed by atoms with Gasteiger partial charge in [-0.05, 0) is 76.4 Å². The van der Waals surface area contributed by atoms with Gasteiger partial charge in [0.05, 0.1) is 12.6 Å². The van der Waals surface area contributed by atoms with Gasteiger partial charge >= 0.3 is 0 Å². The lowest BCUT2D eigenvalue weighted by Crippen LogP contribution is -1.94. The van der Waals surface area contributed by atoms with Crippen LogP contribution in [0.2, 0.25) is 0 Å². The fourth-order valence-electron chi connectivity index (χ4n) is 4.09. The first kappa shape index (κ1) is 18.4. The number of benzene rings is 4. The molecule has 0 bridgehead atoms. The molecular formula is C26H20INO. The third-order valence-electron chi connectivity index (χ3n) is 5.58. The van der Waals surface area contributed by atoms with Crippen LogP contribution in [0.5, 0.6) is 5.75 Å². The molecule has 1 heterocycles. The topological polar surface area (TPSA) is 22.1 Å². The fraction of sp³-hybridized carbons (Fsp3) is 0.115. The second kappa shape index (κ2) is 6.99. The van der Waals surface area contributed by atoms with Crippen LogP contribution in [0.1, 0.15) is 11.1 Å². The van der Waals surface area contributed by atoms with E-state index in [2.05, 4.69) is 91.0 Å². The van der Waals surface area contributed by atoms with Crippen LogP contribution < -0.4 is 4.74 Å². The van der Waals surface area contributed by atoms with E-state index in [0.717, 1.165) is 16.7 Å². The molecular weight excluding hydrogens is 469 g/mol. The van der Waals surface area contributed by atoms with Gasteiger partial charge in [0.15, 0.2) is 0 Å². The van der Waals surface area contributed by atoms with Crippen LogP contribution in [0.4, 0.5) is 0 Å². The van der Waals surface area contributed by atoms with Gasteiger partial charge in [-0.1, -0.05) is 53.6 Å². The van der Waals surface area contributed by atoms with Crippen molar-refractivity contribution < 1.29 is 4.74 Å². The van der Waals surface area contributed by atoms with Crippen LogP contribution in [-0.2, 0) is 0 Å². The highest BCUT2D eigenvalue weighted by Crippen LogP contribution is 2.42. The molecule has 2 nitrogen and oxygen atoms in total. The molecule has 0 radical (unpaired) electrons. The largest absolute Gasteiger partial charge is 0.497 e. The fourth-order valence-corrected chi connectivity index (χ4v) is 5.10. The zero-order valence-corrected chi connectivity index (χ0v) is 18.7. The van der Waals surface area contributed by atoms with Gasteiger partial charge in [-0.2, -0.15) is 0 Å². The molecule has 0 saturated heterocycles. The van der Waals surface area contributed by atoms with E-state index in [1.807, 2.05) is 12.3 Å². The maximum absolute atomic E-state index is 5.42. The Balaban J connectivity index is 1.99. The number of rotatable bonds is 2. The van der Waals surface area contributed by atoms with E-state index in [0.29, 0.717) is 0 Å². The van der Waals surface area contributed by atoms with Crippen LogP contribution in [0.25, 0.3) is 43.6 Å². The minimum Gasteiger partial charge on any atom is -0.497 e. The van der Waals surface area contributed by atoms with Crippen molar-refractivity contribution in [1.29, 1.82) is 0 Å². The highest BCUT2D eigenvalue weighted by atomic mass is 127. The molecule has 0 saturated carbocycles. The van der Waals surface area contributed by atoms with Crippen molar-refractivity contribution in [2.75, 3.05) is 7.11 Å². The minimum absolute atomic E-state index is 0.852. The highest BCUT2D eigenvalue weighted by molar-refractivity contribution is 14.1. The van der Waals surface area contributed by atoms with Gasteiger partial charge in [0, 0.05) is 26.1 Å². The van der Waals surface area contributed by atoms with Crippen LogP contribution in [0.15, 0.2) is 66.9 Å². The molecule has 0 atom stereocenters. The van der Waals surface area contributed by atoms with Gasteiger partial charge in [-0.15, -0.1) is 0 Å². The number of halogens is 1. The Labute approximate surface area is 183 Å². The summed E-state index contributed by atoms with van der Waals surface area (Å²) in [5.74, 6) is 0.852. The Bertz CT molecular complexity index is 1400. The second-order valence-corrected chi connectivity index (χ2v) is 8.62. The molecule has 5 rings (SSSR count). The van der Waals surface area contributed by atoms with E-state index in [9.17, 15) is 0 Å². The molecule has 0 N–H and O–H groups in total. The van der Waals surface area contributed by atoms with Gasteiger partial charge in [0.1, 0.15) is 5.75 Å². The Hall–Kier alpha value is -2.66. The molecule has 5 aromatic rings. The summed E-state index contributed by atoms with van der Waals surface area (Å²) < 4.78 is 6.61. The zero-order chi connectivity index (χ0) is 20.1. The lowest BCUT2D eigenvalue weighted by atomic mass is 9.92. The smallest absolute Gasteiger partial charge is 0.119 e. The summed E-state index contributed by atoms with van der Waals surface area (Å²) in [6.45, 7) is 4.28. The van der Waals surface area contributed by atoms with Crippen LogP contribution in [0.3, 0.4) is 0 Å². The maximum Gasteiger partial charge on any atom is 0.119 e. The summed E-state index contributed by atoms with van der Waals surface area (Å²) in [5.41, 5.74) is 6.07. The summed E-state index contributed by atoms with van der Waals surface area (Å²) in [6, 6.07) is 21.8. The second-order valence-electron chi connectivity index (χ2n) is 7.54. The first-order chi connectivity index (χ1) is 14.1. The molecule has 142 valence electrons. The maximum atomic E-state index is 5.42. The van der Waals surface area contributed by atoms with E-state index < -0.39 is 0 Å². The first-order valence-electron chi connectivity index (χ1n) is 9.62. The Morgan fingerprint density at radius 1 is 0.793 bits per heavy atom. The number of pyridine rings is 1. The molecule has 1 aromatic heterocycles. The van der Waals surface area contributed by atoms with Crippen molar-refractivity contribution in [3.05, 3.63) is 81.6 Å². The predicted molar refractivity (Wildman–Crippen MR) is 131 cm³/mol. The standard InChI is InChI=1S/C26H20INO/c1-15-4-7-17(8-5-15)23-22-12-16(2)6-10-21(22)24-20-11-9-19(29-3)13-18(20)14-28-26(24)25(23)27/h4-14H,1-3H3. The first-order valence-corrected chi connectivity index (χ1v) is 10.7. The van der Waals surface area contributed by atoms with Crippen molar-refractivity contribution in [3.8, 4) is 16.9 Å². The van der Waals surface area contributed by atoms with Gasteiger partial charge in [0.2, 0.25) is 0 Å². The Morgan fingerprint density at radius 2 is 1.52 bits per heavy atom. The molecule has 29 heavy (non-hydrogen) atoms. The molecule has 3 heteroatoms. The molecule has 0 spiro atoms. The summed E-state index contributed by atoms with van der Waals surface area (Å²) >= 11 is 2.47. The number of aromatic nitrogens is 1. The number of aryl methyl sites for hydroxylation is 2. The molecule has 0 amide bonds. The number of methoxy groups -OCH3 is 1. The van der Waals surface area contributed by atoms with Gasteiger partial charge < -0.3 is 4.74 Å². The SMILES string of the molecule is COc1ccc2c(cnc3c(I)c(-c4ccc(C)cc4)c4cc(C)ccc4c32)c1. The van der Waals surface area contributed by atoms with Crippen LogP contribution >= 0.6 is 22.6 Å². The van der Waals surface area contributed by atoms with Crippen LogP contribution in [-0.4, -0.2) is 12.1 Å². The lowest BCUT2D eigenvalue weighted by molar-refractivity contribution is 0.415. The Kier molecular flexibility index (Phi) is 4.43. The normalized spacial score (nSPS) is 11.4. The van der Waals surface area contributed by atoms with E-state index in [1.54, 1.807) is 7.11 Å². The number of fused-ring (bicyclic) bond motifs is 5. The number of nitrogens with zero attached hydrogens (tertiary/aromatic N) is 1. The summed E-state index contributed by atoms with van der Waals surface area (Å²) in [4.78, 5) is 4.90. The lowest BCUT2D eigenvalue weighted by Gasteiger charge is -2.16. The number of hydrogen-bond donors (Lipinski definition) is 0. The van der Waals surface area contributed by atoms with Gasteiger partial charge in [0.25, 0.3) is 0 Å². The molecule has 0 aliphatic heterocycles. The van der Waals surface area contributed by atoms with E-state index >= 15 is 0 Å². The van der Waals surface area contributed by atoms with Crippen molar-refractivity contribution in [2.24, 2.45) is 0 Å². The number of ether oxygens (including phenoxy) is 1. The molecule has 4 aromatic carbocycles. The molecule has 0 aliphatic rings. The van der Waals surface area contributed by atoms with Crippen LogP contribution in [0, 0.1) is 17.4 Å².